The third-order valence-corrected chi connectivity index (χ3v) is 4.12. The van der Waals surface area contributed by atoms with Gasteiger partial charge >= 0.3 is 0 Å². The first-order chi connectivity index (χ1) is 13.1. The molecule has 0 aromatic heterocycles. The number of hydrogen-bond donors (Lipinski definition) is 6. The highest BCUT2D eigenvalue weighted by atomic mass is 16.3. The van der Waals surface area contributed by atoms with Crippen LogP contribution in [0, 0.1) is 11.8 Å². The molecule has 0 atom stereocenters. The number of nitrogens with zero attached hydrogens (tertiary/aromatic N) is 4. The van der Waals surface area contributed by atoms with Gasteiger partial charge in [-0.05, 0) is 38.1 Å². The van der Waals surface area contributed by atoms with E-state index in [1.54, 1.807) is 0 Å². The highest BCUT2D eigenvalue weighted by molar-refractivity contribution is 5.90. The van der Waals surface area contributed by atoms with E-state index in [4.69, 9.17) is 0 Å². The van der Waals surface area contributed by atoms with Gasteiger partial charge in [0.15, 0.2) is 0 Å². The Hall–Kier alpha value is -1.70. The van der Waals surface area contributed by atoms with Gasteiger partial charge in [0.2, 0.25) is 0 Å². The zero-order valence-corrected chi connectivity index (χ0v) is 16.5. The molecule has 0 unspecified atom stereocenters. The number of carbonyl (C=O) groups is 2. The number of carbonyl (C=O) groups excluding carboxylic acids is 2. The maximum Gasteiger partial charge on any atom is 0.251 e. The Morgan fingerprint density at radius 3 is 0.964 bits per heavy atom. The van der Waals surface area contributed by atoms with E-state index in [0.29, 0.717) is 10.0 Å². The van der Waals surface area contributed by atoms with Crippen molar-refractivity contribution in [2.75, 3.05) is 39.6 Å². The van der Waals surface area contributed by atoms with Crippen LogP contribution in [-0.2, 0) is 9.59 Å². The van der Waals surface area contributed by atoms with E-state index in [9.17, 15) is 40.2 Å². The first kappa shape index (κ1) is 26.3. The van der Waals surface area contributed by atoms with Crippen molar-refractivity contribution in [1.82, 2.24) is 10.0 Å². The predicted octanol–water partition coefficient (Wildman–Crippen LogP) is -2.41. The van der Waals surface area contributed by atoms with Gasteiger partial charge in [0.1, 0.15) is 11.1 Å². The van der Waals surface area contributed by atoms with Crippen molar-refractivity contribution in [3.05, 3.63) is 11.8 Å². The zero-order valence-electron chi connectivity index (χ0n) is 16.5. The number of rotatable bonds is 12. The maximum atomic E-state index is 12.5. The van der Waals surface area contributed by atoms with Crippen molar-refractivity contribution in [1.29, 1.82) is 0 Å². The second kappa shape index (κ2) is 11.3. The number of amides is 2. The third kappa shape index (κ3) is 5.43. The fourth-order valence-corrected chi connectivity index (χ4v) is 1.91. The minimum absolute atomic E-state index is 0.174. The van der Waals surface area contributed by atoms with Crippen LogP contribution in [-0.4, -0.2) is 103 Å². The average Bonchev–Trinajstić information content (AvgIpc) is 2.70. The van der Waals surface area contributed by atoms with E-state index in [0.717, 1.165) is 0 Å². The summed E-state index contributed by atoms with van der Waals surface area (Å²) in [7, 11) is 0. The lowest BCUT2D eigenvalue weighted by Gasteiger charge is -2.38. The van der Waals surface area contributed by atoms with Gasteiger partial charge in [-0.3, -0.25) is 9.59 Å². The van der Waals surface area contributed by atoms with Gasteiger partial charge in [-0.25, -0.2) is 0 Å². The van der Waals surface area contributed by atoms with Gasteiger partial charge in [-0.2, -0.15) is 10.0 Å². The Morgan fingerprint density at radius 1 is 0.607 bits per heavy atom. The fourth-order valence-electron chi connectivity index (χ4n) is 1.91. The third-order valence-electron chi connectivity index (χ3n) is 4.12. The largest absolute Gasteiger partial charge is 0.394 e. The molecular formula is C16H30N4O8. The second-order valence-corrected chi connectivity index (χ2v) is 6.81. The standard InChI is InChI=1S/C16H30N4O8/c1-11(2)13(27)19(15(5-21,6-22)7-23)17-18-20(14(28)12(3)4)16(8-24,9-25)10-26/h21-26H,5-10H2,1-4H3. The van der Waals surface area contributed by atoms with Crippen molar-refractivity contribution in [2.24, 2.45) is 10.4 Å². The average molecular weight is 406 g/mol. The number of aliphatic hydroxyl groups is 6. The van der Waals surface area contributed by atoms with Gasteiger partial charge < -0.3 is 30.6 Å². The van der Waals surface area contributed by atoms with Crippen LogP contribution < -0.4 is 0 Å². The molecule has 28 heavy (non-hydrogen) atoms. The van der Waals surface area contributed by atoms with Gasteiger partial charge in [0.05, 0.1) is 51.5 Å². The molecule has 162 valence electrons. The van der Waals surface area contributed by atoms with Crippen LogP contribution in [0.3, 0.4) is 0 Å². The lowest BCUT2D eigenvalue weighted by atomic mass is 10.0. The molecule has 0 aromatic rings. The van der Waals surface area contributed by atoms with Crippen LogP contribution in [0.15, 0.2) is 10.4 Å². The molecule has 0 aliphatic carbocycles. The van der Waals surface area contributed by atoms with Gasteiger partial charge in [0, 0.05) is 0 Å². The highest BCUT2D eigenvalue weighted by Crippen LogP contribution is 2.23. The molecular weight excluding hydrogens is 376 g/mol. The van der Waals surface area contributed by atoms with Crippen molar-refractivity contribution in [2.45, 2.75) is 38.8 Å². The van der Waals surface area contributed by atoms with Gasteiger partial charge in [-0.15, -0.1) is 0 Å². The van der Waals surface area contributed by atoms with Crippen LogP contribution in [0.4, 0.5) is 0 Å². The van der Waals surface area contributed by atoms with Gasteiger partial charge in [-0.1, -0.05) is 0 Å². The number of aliphatic hydroxyl groups excluding tert-OH is 6. The summed E-state index contributed by atoms with van der Waals surface area (Å²) in [6, 6.07) is 0. The predicted molar refractivity (Wildman–Crippen MR) is 95.7 cm³/mol. The Balaban J connectivity index is 6.38. The topological polar surface area (TPSA) is 187 Å². The van der Waals surface area contributed by atoms with E-state index >= 15 is 0 Å². The first-order valence-electron chi connectivity index (χ1n) is 8.42. The van der Waals surface area contributed by atoms with E-state index in [2.05, 4.69) is 10.4 Å². The Labute approximate surface area is 163 Å². The quantitative estimate of drug-likeness (QED) is 0.153. The summed E-state index contributed by atoms with van der Waals surface area (Å²) in [5.41, 5.74) is -3.87. The molecule has 6 N–H and O–H groups in total. The minimum atomic E-state index is -1.93. The monoisotopic (exact) mass is 406 g/mol. The molecule has 0 spiro atoms. The SMILES string of the molecule is C[C](C)C(=O)N(N=NN(C(=O)[C](C)C)C(CO)(CO)CO)C(CO)(CO)CO. The Bertz CT molecular complexity index is 470. The smallest absolute Gasteiger partial charge is 0.251 e. The summed E-state index contributed by atoms with van der Waals surface area (Å²) in [6.45, 7) is 0.425. The molecule has 0 bridgehead atoms. The summed E-state index contributed by atoms with van der Waals surface area (Å²) in [5, 5.41) is 65.9. The molecule has 0 rings (SSSR count). The molecule has 0 fully saturated rings. The highest BCUT2D eigenvalue weighted by Gasteiger charge is 2.43. The van der Waals surface area contributed by atoms with Crippen molar-refractivity contribution >= 4 is 11.8 Å². The van der Waals surface area contributed by atoms with Crippen LogP contribution in [0.5, 0.6) is 0 Å². The Morgan fingerprint density at radius 2 is 0.821 bits per heavy atom. The molecule has 0 aliphatic heterocycles. The fraction of sp³-hybridized carbons (Fsp3) is 0.750. The summed E-state index contributed by atoms with van der Waals surface area (Å²) in [5.74, 6) is -1.28. The van der Waals surface area contributed by atoms with Gasteiger partial charge in [0.25, 0.3) is 11.8 Å². The lowest BCUT2D eigenvalue weighted by Crippen LogP contribution is -2.59. The van der Waals surface area contributed by atoms with Crippen LogP contribution in [0.1, 0.15) is 27.7 Å². The lowest BCUT2D eigenvalue weighted by molar-refractivity contribution is -0.151. The summed E-state index contributed by atoms with van der Waals surface area (Å²) < 4.78 is 0. The molecule has 12 nitrogen and oxygen atoms in total. The van der Waals surface area contributed by atoms with Crippen LogP contribution in [0.25, 0.3) is 0 Å². The molecule has 0 heterocycles. The summed E-state index contributed by atoms with van der Waals surface area (Å²) in [6.07, 6.45) is 0. The normalized spacial score (nSPS) is 12.9. The zero-order chi connectivity index (χ0) is 22.1. The van der Waals surface area contributed by atoms with Crippen LogP contribution in [0.2, 0.25) is 0 Å². The van der Waals surface area contributed by atoms with E-state index in [1.807, 2.05) is 0 Å². The molecule has 0 saturated carbocycles. The van der Waals surface area contributed by atoms with Crippen molar-refractivity contribution in [3.8, 4) is 0 Å². The molecule has 2 amide bonds. The summed E-state index contributed by atoms with van der Waals surface area (Å²) >= 11 is 0. The maximum absolute atomic E-state index is 12.5. The van der Waals surface area contributed by atoms with E-state index in [-0.39, 0.29) is 11.8 Å². The minimum Gasteiger partial charge on any atom is -0.394 e. The van der Waals surface area contributed by atoms with E-state index < -0.39 is 62.5 Å². The van der Waals surface area contributed by atoms with Crippen molar-refractivity contribution < 1.29 is 40.2 Å². The molecule has 0 aliphatic rings. The molecule has 0 saturated heterocycles. The first-order valence-corrected chi connectivity index (χ1v) is 8.42. The summed E-state index contributed by atoms with van der Waals surface area (Å²) in [4.78, 5) is 25.0. The number of hydrogen-bond acceptors (Lipinski definition) is 10. The Kier molecular flexibility index (Phi) is 10.6. The molecule has 12 heteroatoms. The van der Waals surface area contributed by atoms with E-state index in [1.165, 1.54) is 27.7 Å². The molecule has 0 aromatic carbocycles. The van der Waals surface area contributed by atoms with Crippen molar-refractivity contribution in [3.63, 3.8) is 0 Å². The van der Waals surface area contributed by atoms with Crippen LogP contribution >= 0.6 is 0 Å². The second-order valence-electron chi connectivity index (χ2n) is 6.81. The molecule has 2 radical (unpaired) electrons.